The van der Waals surface area contributed by atoms with E-state index in [4.69, 9.17) is 9.26 Å². The number of likely N-dealkylation sites (N-methyl/N-ethyl adjacent to an activating group) is 1. The van der Waals surface area contributed by atoms with Crippen LogP contribution in [-0.2, 0) is 16.1 Å². The van der Waals surface area contributed by atoms with Crippen molar-refractivity contribution in [3.05, 3.63) is 11.7 Å². The van der Waals surface area contributed by atoms with Crippen molar-refractivity contribution in [2.24, 2.45) is 0 Å². The second-order valence-corrected chi connectivity index (χ2v) is 5.33. The Morgan fingerprint density at radius 2 is 2.36 bits per heavy atom. The smallest absolute Gasteiger partial charge is 0.262 e. The first-order valence-corrected chi connectivity index (χ1v) is 7.12. The maximum Gasteiger partial charge on any atom is 0.262 e. The van der Waals surface area contributed by atoms with Gasteiger partial charge in [0.15, 0.2) is 5.82 Å². The average molecular weight is 318 g/mol. The fraction of sp³-hybridized carbons (Fsp3) is 0.769. The number of carbonyl (C=O) groups is 1. The summed E-state index contributed by atoms with van der Waals surface area (Å²) in [5.74, 6) is -2.63. The number of hydrogen-bond donors (Lipinski definition) is 1. The van der Waals surface area contributed by atoms with Gasteiger partial charge in [0.1, 0.15) is 6.10 Å². The van der Waals surface area contributed by atoms with Gasteiger partial charge in [-0.1, -0.05) is 5.16 Å². The molecule has 0 saturated carbocycles. The Morgan fingerprint density at radius 1 is 1.64 bits per heavy atom. The van der Waals surface area contributed by atoms with Crippen LogP contribution in [0, 0.1) is 0 Å². The SMILES string of the molecule is CCOC(C)c1noc(CN(C)C(=O)C2CC(F)(F)CN2)n1. The van der Waals surface area contributed by atoms with E-state index in [1.807, 2.05) is 6.92 Å². The number of nitrogens with zero attached hydrogens (tertiary/aromatic N) is 3. The van der Waals surface area contributed by atoms with Gasteiger partial charge in [0.2, 0.25) is 11.8 Å². The summed E-state index contributed by atoms with van der Waals surface area (Å²) >= 11 is 0. The Hall–Kier alpha value is -1.61. The Labute approximate surface area is 127 Å². The Morgan fingerprint density at radius 3 is 2.95 bits per heavy atom. The molecule has 2 atom stereocenters. The van der Waals surface area contributed by atoms with Crippen molar-refractivity contribution in [1.29, 1.82) is 0 Å². The summed E-state index contributed by atoms with van der Waals surface area (Å²) in [5.41, 5.74) is 0. The lowest BCUT2D eigenvalue weighted by molar-refractivity contribution is -0.133. The zero-order chi connectivity index (χ0) is 16.3. The van der Waals surface area contributed by atoms with Gasteiger partial charge in [0, 0.05) is 20.1 Å². The van der Waals surface area contributed by atoms with Crippen molar-refractivity contribution in [2.45, 2.75) is 44.9 Å². The number of nitrogens with one attached hydrogen (secondary N) is 1. The predicted octanol–water partition coefficient (Wildman–Crippen LogP) is 1.12. The summed E-state index contributed by atoms with van der Waals surface area (Å²) in [6, 6.07) is -0.884. The summed E-state index contributed by atoms with van der Waals surface area (Å²) in [6.45, 7) is 3.75. The zero-order valence-electron chi connectivity index (χ0n) is 12.8. The molecule has 2 rings (SSSR count). The van der Waals surface area contributed by atoms with Gasteiger partial charge in [0.25, 0.3) is 5.92 Å². The van der Waals surface area contributed by atoms with Crippen LogP contribution >= 0.6 is 0 Å². The Balaban J connectivity index is 1.92. The van der Waals surface area contributed by atoms with E-state index in [2.05, 4.69) is 15.5 Å². The summed E-state index contributed by atoms with van der Waals surface area (Å²) in [5, 5.41) is 6.31. The highest BCUT2D eigenvalue weighted by atomic mass is 19.3. The third-order valence-electron chi connectivity index (χ3n) is 3.42. The summed E-state index contributed by atoms with van der Waals surface area (Å²) < 4.78 is 36.6. The normalized spacial score (nSPS) is 21.8. The van der Waals surface area contributed by atoms with Crippen molar-refractivity contribution < 1.29 is 22.8 Å². The van der Waals surface area contributed by atoms with Gasteiger partial charge in [0.05, 0.1) is 19.1 Å². The minimum atomic E-state index is -2.84. The van der Waals surface area contributed by atoms with Crippen LogP contribution in [0.25, 0.3) is 0 Å². The number of carbonyl (C=O) groups excluding carboxylic acids is 1. The molecule has 2 heterocycles. The first-order chi connectivity index (χ1) is 10.3. The number of halogens is 2. The molecule has 1 aromatic rings. The highest BCUT2D eigenvalue weighted by molar-refractivity contribution is 5.82. The summed E-state index contributed by atoms with van der Waals surface area (Å²) in [7, 11) is 1.51. The maximum absolute atomic E-state index is 13.1. The second kappa shape index (κ2) is 6.66. The van der Waals surface area contributed by atoms with E-state index in [9.17, 15) is 13.6 Å². The van der Waals surface area contributed by atoms with Crippen molar-refractivity contribution in [1.82, 2.24) is 20.4 Å². The first-order valence-electron chi connectivity index (χ1n) is 7.12. The quantitative estimate of drug-likeness (QED) is 0.847. The third kappa shape index (κ3) is 3.98. The fourth-order valence-corrected chi connectivity index (χ4v) is 2.26. The van der Waals surface area contributed by atoms with Gasteiger partial charge >= 0.3 is 0 Å². The molecule has 0 aromatic carbocycles. The highest BCUT2D eigenvalue weighted by Gasteiger charge is 2.43. The zero-order valence-corrected chi connectivity index (χ0v) is 12.8. The molecule has 0 radical (unpaired) electrons. The molecule has 7 nitrogen and oxygen atoms in total. The van der Waals surface area contributed by atoms with Crippen LogP contribution < -0.4 is 5.32 Å². The van der Waals surface area contributed by atoms with Gasteiger partial charge in [-0.05, 0) is 13.8 Å². The summed E-state index contributed by atoms with van der Waals surface area (Å²) in [4.78, 5) is 17.5. The van der Waals surface area contributed by atoms with Crippen LogP contribution in [0.1, 0.15) is 38.1 Å². The monoisotopic (exact) mass is 318 g/mol. The molecule has 1 amide bonds. The molecule has 1 aromatic heterocycles. The van der Waals surface area contributed by atoms with E-state index < -0.39 is 30.8 Å². The highest BCUT2D eigenvalue weighted by Crippen LogP contribution is 2.26. The van der Waals surface area contributed by atoms with Crippen LogP contribution in [0.2, 0.25) is 0 Å². The Kier molecular flexibility index (Phi) is 5.07. The van der Waals surface area contributed by atoms with E-state index >= 15 is 0 Å². The van der Waals surface area contributed by atoms with Crippen LogP contribution in [0.5, 0.6) is 0 Å². The molecule has 1 aliphatic rings. The van der Waals surface area contributed by atoms with Gasteiger partial charge in [-0.25, -0.2) is 8.78 Å². The van der Waals surface area contributed by atoms with Crippen LogP contribution in [-0.4, -0.2) is 53.1 Å². The van der Waals surface area contributed by atoms with Gasteiger partial charge in [-0.2, -0.15) is 4.98 Å². The van der Waals surface area contributed by atoms with Crippen molar-refractivity contribution in [3.8, 4) is 0 Å². The lowest BCUT2D eigenvalue weighted by atomic mass is 10.2. The molecule has 22 heavy (non-hydrogen) atoms. The molecular formula is C13H20F2N4O3. The van der Waals surface area contributed by atoms with Crippen LogP contribution in [0.15, 0.2) is 4.52 Å². The standard InChI is InChI=1S/C13H20F2N4O3/c1-4-21-8(2)11-17-10(22-18-11)6-19(3)12(20)9-5-13(14,15)7-16-9/h8-9,16H,4-7H2,1-3H3. The van der Waals surface area contributed by atoms with Crippen molar-refractivity contribution in [2.75, 3.05) is 20.2 Å². The third-order valence-corrected chi connectivity index (χ3v) is 3.42. The molecule has 0 spiro atoms. The molecule has 124 valence electrons. The van der Waals surface area contributed by atoms with Crippen molar-refractivity contribution in [3.63, 3.8) is 0 Å². The molecule has 0 bridgehead atoms. The molecule has 1 fully saturated rings. The fourth-order valence-electron chi connectivity index (χ4n) is 2.26. The van der Waals surface area contributed by atoms with E-state index in [1.165, 1.54) is 11.9 Å². The van der Waals surface area contributed by atoms with E-state index in [0.29, 0.717) is 12.4 Å². The largest absolute Gasteiger partial charge is 0.371 e. The molecule has 1 N–H and O–H groups in total. The number of aromatic nitrogens is 2. The van der Waals surface area contributed by atoms with E-state index in [0.717, 1.165) is 0 Å². The maximum atomic E-state index is 13.1. The lowest BCUT2D eigenvalue weighted by Crippen LogP contribution is -2.41. The lowest BCUT2D eigenvalue weighted by Gasteiger charge is -2.19. The number of rotatable bonds is 6. The minimum Gasteiger partial charge on any atom is -0.371 e. The minimum absolute atomic E-state index is 0.0639. The van der Waals surface area contributed by atoms with Crippen molar-refractivity contribution >= 4 is 5.91 Å². The van der Waals surface area contributed by atoms with Gasteiger partial charge in [-0.3, -0.25) is 10.1 Å². The molecular weight excluding hydrogens is 298 g/mol. The van der Waals surface area contributed by atoms with Crippen LogP contribution in [0.3, 0.4) is 0 Å². The Bertz CT molecular complexity index is 523. The second-order valence-electron chi connectivity index (χ2n) is 5.33. The average Bonchev–Trinajstić information content (AvgIpc) is 3.04. The number of ether oxygens (including phenoxy) is 1. The number of amides is 1. The first kappa shape index (κ1) is 16.8. The molecule has 1 saturated heterocycles. The predicted molar refractivity (Wildman–Crippen MR) is 72.2 cm³/mol. The number of alkyl halides is 2. The molecule has 0 aliphatic carbocycles. The molecule has 9 heteroatoms. The van der Waals surface area contributed by atoms with Gasteiger partial charge in [-0.15, -0.1) is 0 Å². The molecule has 2 unspecified atom stereocenters. The van der Waals surface area contributed by atoms with E-state index in [1.54, 1.807) is 6.92 Å². The topological polar surface area (TPSA) is 80.5 Å². The van der Waals surface area contributed by atoms with Crippen LogP contribution in [0.4, 0.5) is 8.78 Å². The molecule has 1 aliphatic heterocycles. The number of hydrogen-bond acceptors (Lipinski definition) is 6. The van der Waals surface area contributed by atoms with E-state index in [-0.39, 0.29) is 18.5 Å². The van der Waals surface area contributed by atoms with Gasteiger partial charge < -0.3 is 14.2 Å². The summed E-state index contributed by atoms with van der Waals surface area (Å²) in [6.07, 6.45) is -0.800.